The van der Waals surface area contributed by atoms with Crippen LogP contribution in [-0.2, 0) is 11.3 Å². The van der Waals surface area contributed by atoms with Gasteiger partial charge in [-0.25, -0.2) is 4.79 Å². The minimum atomic E-state index is -0.703. The molecule has 8 heteroatoms. The fourth-order valence-corrected chi connectivity index (χ4v) is 5.35. The van der Waals surface area contributed by atoms with Gasteiger partial charge in [0.15, 0.2) is 0 Å². The second kappa shape index (κ2) is 15.8. The lowest BCUT2D eigenvalue weighted by Crippen LogP contribution is -2.44. The third-order valence-electron chi connectivity index (χ3n) is 7.91. The zero-order valence-corrected chi connectivity index (χ0v) is 27.8. The molecule has 1 saturated heterocycles. The van der Waals surface area contributed by atoms with Crippen molar-refractivity contribution >= 4 is 17.6 Å². The second-order valence-corrected chi connectivity index (χ2v) is 12.9. The summed E-state index contributed by atoms with van der Waals surface area (Å²) in [4.78, 5) is 32.1. The zero-order valence-electron chi connectivity index (χ0n) is 27.8. The molecule has 1 amide bonds. The van der Waals surface area contributed by atoms with Gasteiger partial charge in [-0.15, -0.1) is 0 Å². The molecular weight excluding hydrogens is 590 g/mol. The van der Waals surface area contributed by atoms with E-state index in [0.717, 1.165) is 55.8 Å². The van der Waals surface area contributed by atoms with Crippen molar-refractivity contribution in [3.63, 3.8) is 0 Å². The summed E-state index contributed by atoms with van der Waals surface area (Å²) in [6.07, 6.45) is 0.878. The Labute approximate surface area is 278 Å². The van der Waals surface area contributed by atoms with E-state index in [0.29, 0.717) is 36.0 Å². The number of carbonyl (C=O) groups excluding carboxylic acids is 2. The lowest BCUT2D eigenvalue weighted by Gasteiger charge is -2.32. The lowest BCUT2D eigenvalue weighted by atomic mass is 10.0. The molecule has 4 aromatic carbocycles. The largest absolute Gasteiger partial charge is 0.494 e. The Hall–Kier alpha value is -4.66. The van der Waals surface area contributed by atoms with Crippen LogP contribution < -0.4 is 14.8 Å². The molecular formula is C39H45N3O5. The van der Waals surface area contributed by atoms with Gasteiger partial charge in [0.1, 0.15) is 23.7 Å². The van der Waals surface area contributed by atoms with Crippen molar-refractivity contribution in [2.24, 2.45) is 0 Å². The number of piperazine rings is 1. The number of ether oxygens (including phenoxy) is 3. The molecule has 0 atom stereocenters. The molecule has 1 N–H and O–H groups in total. The van der Waals surface area contributed by atoms with Gasteiger partial charge in [0, 0.05) is 32.7 Å². The van der Waals surface area contributed by atoms with E-state index >= 15 is 0 Å². The van der Waals surface area contributed by atoms with Crippen molar-refractivity contribution < 1.29 is 23.8 Å². The third-order valence-corrected chi connectivity index (χ3v) is 7.91. The number of nitrogens with one attached hydrogen (secondary N) is 1. The van der Waals surface area contributed by atoms with Crippen LogP contribution in [0.1, 0.15) is 53.5 Å². The molecule has 1 heterocycles. The molecule has 0 aromatic heterocycles. The number of rotatable bonds is 12. The average molecular weight is 636 g/mol. The normalized spacial score (nSPS) is 14.0. The summed E-state index contributed by atoms with van der Waals surface area (Å²) in [7, 11) is 2.15. The predicted molar refractivity (Wildman–Crippen MR) is 186 cm³/mol. The number of nitrogens with zero attached hydrogens (tertiary/aromatic N) is 2. The van der Waals surface area contributed by atoms with Crippen LogP contribution in [0.3, 0.4) is 0 Å². The first-order valence-corrected chi connectivity index (χ1v) is 16.2. The lowest BCUT2D eigenvalue weighted by molar-refractivity contribution is 0.00707. The Morgan fingerprint density at radius 1 is 0.766 bits per heavy atom. The molecule has 8 nitrogen and oxygen atoms in total. The van der Waals surface area contributed by atoms with E-state index in [1.807, 2.05) is 93.6 Å². The minimum absolute atomic E-state index is 0.260. The monoisotopic (exact) mass is 635 g/mol. The Morgan fingerprint density at radius 2 is 1.47 bits per heavy atom. The van der Waals surface area contributed by atoms with E-state index < -0.39 is 17.5 Å². The average Bonchev–Trinajstić information content (AvgIpc) is 3.07. The van der Waals surface area contributed by atoms with E-state index in [1.165, 1.54) is 0 Å². The molecule has 4 aromatic rings. The van der Waals surface area contributed by atoms with Crippen LogP contribution >= 0.6 is 0 Å². The fraction of sp³-hybridized carbons (Fsp3) is 0.333. The number of hydrogen-bond donors (Lipinski definition) is 1. The maximum atomic E-state index is 14.1. The Balaban J connectivity index is 1.39. The van der Waals surface area contributed by atoms with Crippen LogP contribution in [0, 0.1) is 0 Å². The molecule has 1 fully saturated rings. The summed E-state index contributed by atoms with van der Waals surface area (Å²) in [5, 5.41) is 3.00. The fourth-order valence-electron chi connectivity index (χ4n) is 5.35. The van der Waals surface area contributed by atoms with Crippen molar-refractivity contribution in [3.8, 4) is 22.6 Å². The minimum Gasteiger partial charge on any atom is -0.494 e. The first-order valence-electron chi connectivity index (χ1n) is 16.2. The Morgan fingerprint density at radius 3 is 2.17 bits per heavy atom. The van der Waals surface area contributed by atoms with Gasteiger partial charge in [-0.1, -0.05) is 66.7 Å². The highest BCUT2D eigenvalue weighted by Crippen LogP contribution is 2.30. The van der Waals surface area contributed by atoms with E-state index in [-0.39, 0.29) is 5.56 Å². The molecule has 0 unspecified atom stereocenters. The smallest absolute Gasteiger partial charge is 0.340 e. The first kappa shape index (κ1) is 33.7. The molecule has 47 heavy (non-hydrogen) atoms. The zero-order chi connectivity index (χ0) is 33.2. The van der Waals surface area contributed by atoms with E-state index in [9.17, 15) is 9.59 Å². The van der Waals surface area contributed by atoms with Gasteiger partial charge >= 0.3 is 5.97 Å². The SMILES string of the molecule is CN1CCN(CCCOc2ccc(OCc3ccccc3)c(C(=O)Nc3cc(-c4ccccc4)ccc3C(=O)OC(C)(C)C)c2)CC1. The number of hydrogen-bond acceptors (Lipinski definition) is 7. The first-order chi connectivity index (χ1) is 22.6. The summed E-state index contributed by atoms with van der Waals surface area (Å²) in [6.45, 7) is 11.5. The summed E-state index contributed by atoms with van der Waals surface area (Å²) in [6, 6.07) is 30.2. The van der Waals surface area contributed by atoms with Gasteiger partial charge in [-0.3, -0.25) is 4.79 Å². The highest BCUT2D eigenvalue weighted by atomic mass is 16.6. The predicted octanol–water partition coefficient (Wildman–Crippen LogP) is 7.16. The van der Waals surface area contributed by atoms with Crippen molar-refractivity contribution in [2.75, 3.05) is 51.7 Å². The quantitative estimate of drug-likeness (QED) is 0.131. The molecule has 5 rings (SSSR count). The highest BCUT2D eigenvalue weighted by molar-refractivity contribution is 6.10. The summed E-state index contributed by atoms with van der Waals surface area (Å²) in [5.74, 6) is 0.0385. The third kappa shape index (κ3) is 9.91. The van der Waals surface area contributed by atoms with Crippen LogP contribution in [-0.4, -0.2) is 73.7 Å². The molecule has 0 radical (unpaired) electrons. The number of benzene rings is 4. The summed E-state index contributed by atoms with van der Waals surface area (Å²) >= 11 is 0. The van der Waals surface area contributed by atoms with Gasteiger partial charge in [-0.2, -0.15) is 0 Å². The van der Waals surface area contributed by atoms with E-state index in [4.69, 9.17) is 14.2 Å². The molecule has 0 spiro atoms. The number of esters is 1. The van der Waals surface area contributed by atoms with Gasteiger partial charge < -0.3 is 29.3 Å². The van der Waals surface area contributed by atoms with Crippen molar-refractivity contribution in [2.45, 2.75) is 39.4 Å². The summed E-state index contributed by atoms with van der Waals surface area (Å²) < 4.78 is 18.0. The molecule has 246 valence electrons. The highest BCUT2D eigenvalue weighted by Gasteiger charge is 2.23. The topological polar surface area (TPSA) is 80.3 Å². The standard InChI is InChI=1S/C39H45N3O5/c1-39(2,3)47-38(44)33-18-16-31(30-14-9-6-10-15-30)26-35(33)40-37(43)34-27-32(45-25-11-20-42-23-21-41(4)22-24-42)17-19-36(34)46-28-29-12-7-5-8-13-29/h5-10,12-19,26-27H,11,20-25,28H2,1-4H3,(H,40,43). The van der Waals surface area contributed by atoms with Crippen molar-refractivity contribution in [3.05, 3.63) is 114 Å². The number of amides is 1. The molecule has 0 bridgehead atoms. The van der Waals surface area contributed by atoms with Crippen LogP contribution in [0.2, 0.25) is 0 Å². The van der Waals surface area contributed by atoms with Gasteiger partial charge in [-0.05, 0) is 81.3 Å². The van der Waals surface area contributed by atoms with E-state index in [2.05, 4.69) is 22.2 Å². The van der Waals surface area contributed by atoms with Gasteiger partial charge in [0.25, 0.3) is 5.91 Å². The number of carbonyl (C=O) groups is 2. The second-order valence-electron chi connectivity index (χ2n) is 12.9. The number of likely N-dealkylation sites (N-methyl/N-ethyl adjacent to an activating group) is 1. The number of anilines is 1. The van der Waals surface area contributed by atoms with Crippen LogP contribution in [0.5, 0.6) is 11.5 Å². The van der Waals surface area contributed by atoms with Gasteiger partial charge in [0.05, 0.1) is 23.4 Å². The molecule has 1 aliphatic rings. The molecule has 0 aliphatic carbocycles. The maximum Gasteiger partial charge on any atom is 0.340 e. The van der Waals surface area contributed by atoms with Gasteiger partial charge in [0.2, 0.25) is 0 Å². The van der Waals surface area contributed by atoms with Crippen molar-refractivity contribution in [1.29, 1.82) is 0 Å². The molecule has 0 saturated carbocycles. The maximum absolute atomic E-state index is 14.1. The van der Waals surface area contributed by atoms with Crippen molar-refractivity contribution in [1.82, 2.24) is 9.80 Å². The van der Waals surface area contributed by atoms with E-state index in [1.54, 1.807) is 24.3 Å². The van der Waals surface area contributed by atoms with Crippen LogP contribution in [0.25, 0.3) is 11.1 Å². The molecule has 1 aliphatic heterocycles. The Bertz CT molecular complexity index is 1630. The Kier molecular flexibility index (Phi) is 11.3. The van der Waals surface area contributed by atoms with Crippen LogP contribution in [0.15, 0.2) is 97.1 Å². The summed E-state index contributed by atoms with van der Waals surface area (Å²) in [5.41, 5.74) is 2.99. The van der Waals surface area contributed by atoms with Crippen LogP contribution in [0.4, 0.5) is 5.69 Å².